The van der Waals surface area contributed by atoms with Crippen molar-refractivity contribution in [2.75, 3.05) is 6.61 Å². The Kier molecular flexibility index (Phi) is 5.60. The number of aryl methyl sites for hydroxylation is 1. The van der Waals surface area contributed by atoms with Gasteiger partial charge in [0.05, 0.1) is 6.61 Å². The van der Waals surface area contributed by atoms with Gasteiger partial charge in [0.25, 0.3) is 0 Å². The molecule has 1 saturated heterocycles. The van der Waals surface area contributed by atoms with Crippen LogP contribution in [-0.2, 0) is 11.3 Å². The number of ether oxygens (including phenoxy) is 1. The molecule has 1 unspecified atom stereocenters. The van der Waals surface area contributed by atoms with E-state index in [0.717, 1.165) is 23.3 Å². The molecule has 1 aliphatic rings. The average molecular weight is 391 g/mol. The third kappa shape index (κ3) is 4.31. The molecule has 4 rings (SSSR count). The molecule has 0 saturated carbocycles. The van der Waals surface area contributed by atoms with Crippen LogP contribution in [0.1, 0.15) is 49.2 Å². The lowest BCUT2D eigenvalue weighted by Crippen LogP contribution is -2.27. The summed E-state index contributed by atoms with van der Waals surface area (Å²) in [6, 6.07) is 15.7. The third-order valence-electron chi connectivity index (χ3n) is 5.08. The highest BCUT2D eigenvalue weighted by atomic mass is 16.5. The summed E-state index contributed by atoms with van der Waals surface area (Å²) in [5.41, 5.74) is 3.14. The Labute approximate surface area is 170 Å². The van der Waals surface area contributed by atoms with E-state index in [2.05, 4.69) is 36.1 Å². The number of carbonyl (C=O) groups excluding carboxylic acids is 1. The monoisotopic (exact) mass is 391 g/mol. The average Bonchev–Trinajstić information content (AvgIpc) is 3.34. The molecule has 6 heteroatoms. The van der Waals surface area contributed by atoms with E-state index in [1.165, 1.54) is 5.56 Å². The highest BCUT2D eigenvalue weighted by molar-refractivity contribution is 5.78. The maximum atomic E-state index is 12.5. The maximum absolute atomic E-state index is 12.5. The van der Waals surface area contributed by atoms with Gasteiger partial charge in [-0.05, 0) is 49.6 Å². The largest absolute Gasteiger partial charge is 0.494 e. The summed E-state index contributed by atoms with van der Waals surface area (Å²) in [6.07, 6.45) is 2.16. The SMILES string of the molecule is CCCOc1ccc(-c2noc(C3CCC(=O)N3Cc3cccc(C)c3)n2)cc1. The smallest absolute Gasteiger partial charge is 0.249 e. The van der Waals surface area contributed by atoms with Crippen LogP contribution in [0.15, 0.2) is 53.1 Å². The molecule has 1 aromatic heterocycles. The van der Waals surface area contributed by atoms with Gasteiger partial charge in [0.1, 0.15) is 11.8 Å². The van der Waals surface area contributed by atoms with Gasteiger partial charge in [-0.25, -0.2) is 0 Å². The highest BCUT2D eigenvalue weighted by Crippen LogP contribution is 2.34. The van der Waals surface area contributed by atoms with Gasteiger partial charge in [-0.1, -0.05) is 41.9 Å². The molecular formula is C23H25N3O3. The van der Waals surface area contributed by atoms with Gasteiger partial charge < -0.3 is 14.2 Å². The predicted octanol–water partition coefficient (Wildman–Crippen LogP) is 4.70. The molecule has 29 heavy (non-hydrogen) atoms. The summed E-state index contributed by atoms with van der Waals surface area (Å²) in [6.45, 7) is 5.37. The van der Waals surface area contributed by atoms with Crippen molar-refractivity contribution in [3.05, 3.63) is 65.5 Å². The molecule has 1 atom stereocenters. The molecule has 6 nitrogen and oxygen atoms in total. The Morgan fingerprint density at radius 1 is 1.21 bits per heavy atom. The standard InChI is InChI=1S/C23H25N3O3/c1-3-13-28-19-9-7-18(8-10-19)22-24-23(29-25-22)20-11-12-21(27)26(20)15-17-6-4-5-16(2)14-17/h4-10,14,20H,3,11-13,15H2,1-2H3. The van der Waals surface area contributed by atoms with Crippen molar-refractivity contribution >= 4 is 5.91 Å². The Morgan fingerprint density at radius 3 is 2.79 bits per heavy atom. The van der Waals surface area contributed by atoms with Crippen molar-refractivity contribution in [3.63, 3.8) is 0 Å². The molecule has 0 radical (unpaired) electrons. The van der Waals surface area contributed by atoms with Gasteiger partial charge in [-0.15, -0.1) is 0 Å². The fourth-order valence-electron chi connectivity index (χ4n) is 3.60. The zero-order valence-corrected chi connectivity index (χ0v) is 16.8. The summed E-state index contributed by atoms with van der Waals surface area (Å²) in [5, 5.41) is 4.14. The Morgan fingerprint density at radius 2 is 2.03 bits per heavy atom. The number of nitrogens with zero attached hydrogens (tertiary/aromatic N) is 3. The molecule has 0 spiro atoms. The van der Waals surface area contributed by atoms with Crippen molar-refractivity contribution in [2.45, 2.75) is 45.7 Å². The molecule has 1 aliphatic heterocycles. The van der Waals surface area contributed by atoms with Gasteiger partial charge in [0.15, 0.2) is 0 Å². The van der Waals surface area contributed by atoms with Gasteiger partial charge in [-0.2, -0.15) is 4.98 Å². The Hall–Kier alpha value is -3.15. The number of benzene rings is 2. The molecule has 1 amide bonds. The van der Waals surface area contributed by atoms with E-state index in [1.807, 2.05) is 41.3 Å². The van der Waals surface area contributed by atoms with E-state index in [9.17, 15) is 4.79 Å². The number of carbonyl (C=O) groups is 1. The van der Waals surface area contributed by atoms with E-state index >= 15 is 0 Å². The first-order valence-electron chi connectivity index (χ1n) is 10.1. The molecular weight excluding hydrogens is 366 g/mol. The normalized spacial score (nSPS) is 16.4. The van der Waals surface area contributed by atoms with Crippen LogP contribution in [0.3, 0.4) is 0 Å². The van der Waals surface area contributed by atoms with Gasteiger partial charge >= 0.3 is 0 Å². The lowest BCUT2D eigenvalue weighted by atomic mass is 10.1. The summed E-state index contributed by atoms with van der Waals surface area (Å²) in [4.78, 5) is 18.9. The number of aromatic nitrogens is 2. The summed E-state index contributed by atoms with van der Waals surface area (Å²) in [7, 11) is 0. The molecule has 2 aromatic carbocycles. The lowest BCUT2D eigenvalue weighted by molar-refractivity contribution is -0.129. The van der Waals surface area contributed by atoms with Crippen LogP contribution in [-0.4, -0.2) is 27.6 Å². The van der Waals surface area contributed by atoms with Crippen LogP contribution >= 0.6 is 0 Å². The fraction of sp³-hybridized carbons (Fsp3) is 0.348. The van der Waals surface area contributed by atoms with Crippen LogP contribution in [0.2, 0.25) is 0 Å². The van der Waals surface area contributed by atoms with E-state index in [-0.39, 0.29) is 11.9 Å². The minimum Gasteiger partial charge on any atom is -0.494 e. The zero-order chi connectivity index (χ0) is 20.2. The second-order valence-corrected chi connectivity index (χ2v) is 7.39. The minimum atomic E-state index is -0.184. The van der Waals surface area contributed by atoms with Crippen molar-refractivity contribution in [1.82, 2.24) is 15.0 Å². The molecule has 1 fully saturated rings. The first-order chi connectivity index (χ1) is 14.1. The van der Waals surface area contributed by atoms with E-state index in [1.54, 1.807) is 0 Å². The molecule has 0 bridgehead atoms. The van der Waals surface area contributed by atoms with Gasteiger partial charge in [0.2, 0.25) is 17.6 Å². The van der Waals surface area contributed by atoms with Crippen LogP contribution < -0.4 is 4.74 Å². The maximum Gasteiger partial charge on any atom is 0.249 e. The molecule has 0 N–H and O–H groups in total. The van der Waals surface area contributed by atoms with Crippen LogP contribution in [0.4, 0.5) is 0 Å². The lowest BCUT2D eigenvalue weighted by Gasteiger charge is -2.22. The number of hydrogen-bond donors (Lipinski definition) is 0. The number of likely N-dealkylation sites (tertiary alicyclic amines) is 1. The van der Waals surface area contributed by atoms with Crippen molar-refractivity contribution in [1.29, 1.82) is 0 Å². The topological polar surface area (TPSA) is 68.5 Å². The second kappa shape index (κ2) is 8.47. The van der Waals surface area contributed by atoms with Crippen molar-refractivity contribution in [2.24, 2.45) is 0 Å². The second-order valence-electron chi connectivity index (χ2n) is 7.39. The first-order valence-corrected chi connectivity index (χ1v) is 10.1. The Balaban J connectivity index is 1.51. The predicted molar refractivity (Wildman–Crippen MR) is 109 cm³/mol. The van der Waals surface area contributed by atoms with Gasteiger partial charge in [-0.3, -0.25) is 4.79 Å². The Bertz CT molecular complexity index is 981. The van der Waals surface area contributed by atoms with Crippen LogP contribution in [0.5, 0.6) is 5.75 Å². The van der Waals surface area contributed by atoms with E-state index in [4.69, 9.17) is 9.26 Å². The summed E-state index contributed by atoms with van der Waals surface area (Å²) in [5.74, 6) is 1.96. The summed E-state index contributed by atoms with van der Waals surface area (Å²) >= 11 is 0. The molecule has 2 heterocycles. The molecule has 3 aromatic rings. The van der Waals surface area contributed by atoms with Crippen molar-refractivity contribution in [3.8, 4) is 17.1 Å². The minimum absolute atomic E-state index is 0.119. The number of rotatable bonds is 7. The first kappa shape index (κ1) is 19.2. The summed E-state index contributed by atoms with van der Waals surface area (Å²) < 4.78 is 11.2. The van der Waals surface area contributed by atoms with Crippen LogP contribution in [0.25, 0.3) is 11.4 Å². The highest BCUT2D eigenvalue weighted by Gasteiger charge is 2.36. The molecule has 150 valence electrons. The van der Waals surface area contributed by atoms with E-state index < -0.39 is 0 Å². The molecule has 0 aliphatic carbocycles. The fourth-order valence-corrected chi connectivity index (χ4v) is 3.60. The number of amides is 1. The van der Waals surface area contributed by atoms with Crippen molar-refractivity contribution < 1.29 is 14.1 Å². The zero-order valence-electron chi connectivity index (χ0n) is 16.8. The number of hydrogen-bond acceptors (Lipinski definition) is 5. The van der Waals surface area contributed by atoms with E-state index in [0.29, 0.717) is 37.7 Å². The van der Waals surface area contributed by atoms with Gasteiger partial charge in [0, 0.05) is 18.5 Å². The quantitative estimate of drug-likeness (QED) is 0.584. The third-order valence-corrected chi connectivity index (χ3v) is 5.08. The van der Waals surface area contributed by atoms with Crippen LogP contribution in [0, 0.1) is 6.92 Å².